The Morgan fingerprint density at radius 3 is 2.94 bits per heavy atom. The van der Waals surface area contributed by atoms with Crippen LogP contribution in [-0.4, -0.2) is 29.3 Å². The van der Waals surface area contributed by atoms with Gasteiger partial charge in [0.05, 0.1) is 5.01 Å². The number of hydrogen-bond donors (Lipinski definition) is 2. The van der Waals surface area contributed by atoms with Crippen molar-refractivity contribution in [2.75, 3.05) is 12.4 Å². The van der Waals surface area contributed by atoms with Crippen molar-refractivity contribution < 1.29 is 9.59 Å². The fourth-order valence-corrected chi connectivity index (χ4v) is 1.77. The van der Waals surface area contributed by atoms with Gasteiger partial charge in [0.15, 0.2) is 0 Å². The molecule has 5 nitrogen and oxygen atoms in total. The summed E-state index contributed by atoms with van der Waals surface area (Å²) in [5.41, 5.74) is 0. The molecule has 0 aliphatic carbocycles. The minimum absolute atomic E-state index is 0.140. The molecule has 0 aliphatic rings. The van der Waals surface area contributed by atoms with Crippen LogP contribution in [0, 0.1) is 0 Å². The first kappa shape index (κ1) is 12.9. The number of hydrogen-bond acceptors (Lipinski definition) is 4. The highest BCUT2D eigenvalue weighted by Gasteiger charge is 2.06. The van der Waals surface area contributed by atoms with Gasteiger partial charge in [-0.05, 0) is 0 Å². The van der Waals surface area contributed by atoms with Crippen LogP contribution in [0.25, 0.3) is 0 Å². The number of carbonyl (C=O) groups is 2. The maximum Gasteiger partial charge on any atom is 0.321 e. The largest absolute Gasteiger partial charge is 0.337 e. The minimum Gasteiger partial charge on any atom is -0.337 e. The third-order valence-electron chi connectivity index (χ3n) is 1.68. The number of amides is 3. The lowest BCUT2D eigenvalue weighted by molar-refractivity contribution is -0.119. The molecule has 3 amide bonds. The number of thiazole rings is 1. The molecular formula is C9H12ClN3O2S. The number of nitrogens with one attached hydrogen (secondary N) is 2. The van der Waals surface area contributed by atoms with Gasteiger partial charge in [-0.25, -0.2) is 9.78 Å². The number of rotatable bonds is 5. The Morgan fingerprint density at radius 2 is 2.31 bits per heavy atom. The Morgan fingerprint density at radius 1 is 1.50 bits per heavy atom. The second-order valence-corrected chi connectivity index (χ2v) is 4.28. The molecular weight excluding hydrogens is 250 g/mol. The van der Waals surface area contributed by atoms with Gasteiger partial charge in [0, 0.05) is 36.8 Å². The number of urea groups is 1. The minimum atomic E-state index is -0.494. The topological polar surface area (TPSA) is 71.1 Å². The lowest BCUT2D eigenvalue weighted by atomic mass is 10.4. The van der Waals surface area contributed by atoms with Crippen molar-refractivity contribution >= 4 is 34.9 Å². The molecule has 2 N–H and O–H groups in total. The summed E-state index contributed by atoms with van der Waals surface area (Å²) in [6.45, 7) is 0.452. The lowest BCUT2D eigenvalue weighted by Gasteiger charge is -2.04. The molecule has 1 aromatic rings. The monoisotopic (exact) mass is 261 g/mol. The smallest absolute Gasteiger partial charge is 0.321 e. The average molecular weight is 262 g/mol. The van der Waals surface area contributed by atoms with Gasteiger partial charge in [-0.3, -0.25) is 10.1 Å². The van der Waals surface area contributed by atoms with Crippen LogP contribution in [0.3, 0.4) is 0 Å². The summed E-state index contributed by atoms with van der Waals surface area (Å²) in [6, 6.07) is -0.494. The van der Waals surface area contributed by atoms with E-state index < -0.39 is 6.03 Å². The van der Waals surface area contributed by atoms with Crippen LogP contribution in [0.4, 0.5) is 4.79 Å². The average Bonchev–Trinajstić information content (AvgIpc) is 2.70. The summed E-state index contributed by atoms with van der Waals surface area (Å²) < 4.78 is 0. The number of imide groups is 1. The SMILES string of the molecule is O=C(CCCl)NC(=O)NCCc1nccs1. The molecule has 0 saturated heterocycles. The molecule has 0 atom stereocenters. The van der Waals surface area contributed by atoms with Gasteiger partial charge in [0.1, 0.15) is 0 Å². The first-order valence-corrected chi connectivity index (χ1v) is 6.16. The molecule has 0 radical (unpaired) electrons. The van der Waals surface area contributed by atoms with Gasteiger partial charge < -0.3 is 5.32 Å². The number of alkyl halides is 1. The van der Waals surface area contributed by atoms with Gasteiger partial charge >= 0.3 is 6.03 Å². The van der Waals surface area contributed by atoms with E-state index >= 15 is 0 Å². The molecule has 1 heterocycles. The van der Waals surface area contributed by atoms with E-state index in [-0.39, 0.29) is 18.2 Å². The molecule has 88 valence electrons. The molecule has 16 heavy (non-hydrogen) atoms. The predicted molar refractivity (Wildman–Crippen MR) is 62.7 cm³/mol. The maximum atomic E-state index is 11.2. The van der Waals surface area contributed by atoms with Crippen LogP contribution in [0.2, 0.25) is 0 Å². The number of nitrogens with zero attached hydrogens (tertiary/aromatic N) is 1. The molecule has 0 aromatic carbocycles. The van der Waals surface area contributed by atoms with Crippen LogP contribution < -0.4 is 10.6 Å². The van der Waals surface area contributed by atoms with Crippen molar-refractivity contribution in [2.45, 2.75) is 12.8 Å². The third-order valence-corrected chi connectivity index (χ3v) is 2.71. The fraction of sp³-hybridized carbons (Fsp3) is 0.444. The Bertz CT molecular complexity index is 343. The summed E-state index contributed by atoms with van der Waals surface area (Å²) in [5.74, 6) is -0.167. The van der Waals surface area contributed by atoms with Crippen molar-refractivity contribution in [3.63, 3.8) is 0 Å². The summed E-state index contributed by atoms with van der Waals surface area (Å²) in [5, 5.41) is 7.56. The van der Waals surface area contributed by atoms with E-state index in [0.717, 1.165) is 5.01 Å². The third kappa shape index (κ3) is 5.09. The van der Waals surface area contributed by atoms with Crippen LogP contribution in [0.1, 0.15) is 11.4 Å². The van der Waals surface area contributed by atoms with Crippen LogP contribution >= 0.6 is 22.9 Å². The standard InChI is InChI=1S/C9H12ClN3O2S/c10-3-1-7(14)13-9(15)12-4-2-8-11-5-6-16-8/h5-6H,1-4H2,(H2,12,13,14,15). The van der Waals surface area contributed by atoms with E-state index in [9.17, 15) is 9.59 Å². The van der Waals surface area contributed by atoms with Crippen molar-refractivity contribution in [3.8, 4) is 0 Å². The summed E-state index contributed by atoms with van der Waals surface area (Å²) in [7, 11) is 0. The van der Waals surface area contributed by atoms with E-state index in [1.807, 2.05) is 5.38 Å². The Balaban J connectivity index is 2.13. The van der Waals surface area contributed by atoms with E-state index in [2.05, 4.69) is 15.6 Å². The molecule has 0 unspecified atom stereocenters. The van der Waals surface area contributed by atoms with Gasteiger partial charge in [-0.15, -0.1) is 22.9 Å². The highest BCUT2D eigenvalue weighted by atomic mass is 35.5. The predicted octanol–water partition coefficient (Wildman–Crippen LogP) is 1.14. The van der Waals surface area contributed by atoms with Crippen molar-refractivity contribution in [2.24, 2.45) is 0 Å². The second kappa shape index (κ2) is 7.19. The molecule has 1 rings (SSSR count). The first-order chi connectivity index (χ1) is 7.72. The normalized spacial score (nSPS) is 9.81. The first-order valence-electron chi connectivity index (χ1n) is 4.74. The second-order valence-electron chi connectivity index (χ2n) is 2.92. The van der Waals surface area contributed by atoms with Crippen molar-refractivity contribution in [3.05, 3.63) is 16.6 Å². The van der Waals surface area contributed by atoms with E-state index in [0.29, 0.717) is 13.0 Å². The number of halogens is 1. The molecule has 1 aromatic heterocycles. The molecule has 0 aliphatic heterocycles. The Labute approximate surface area is 102 Å². The summed E-state index contributed by atoms with van der Waals surface area (Å²) >= 11 is 6.88. The fourth-order valence-electron chi connectivity index (χ4n) is 0.979. The summed E-state index contributed by atoms with van der Waals surface area (Å²) in [4.78, 5) is 26.2. The zero-order chi connectivity index (χ0) is 11.8. The van der Waals surface area contributed by atoms with E-state index in [1.54, 1.807) is 6.20 Å². The highest BCUT2D eigenvalue weighted by molar-refractivity contribution is 7.09. The quantitative estimate of drug-likeness (QED) is 0.781. The highest BCUT2D eigenvalue weighted by Crippen LogP contribution is 2.03. The van der Waals surface area contributed by atoms with E-state index in [1.165, 1.54) is 11.3 Å². The molecule has 7 heteroatoms. The van der Waals surface area contributed by atoms with Crippen LogP contribution in [-0.2, 0) is 11.2 Å². The zero-order valence-corrected chi connectivity index (χ0v) is 10.1. The Hall–Kier alpha value is -1.14. The van der Waals surface area contributed by atoms with Gasteiger partial charge in [-0.2, -0.15) is 0 Å². The number of aromatic nitrogens is 1. The van der Waals surface area contributed by atoms with Crippen LogP contribution in [0.15, 0.2) is 11.6 Å². The lowest BCUT2D eigenvalue weighted by Crippen LogP contribution is -2.40. The van der Waals surface area contributed by atoms with Crippen molar-refractivity contribution in [1.82, 2.24) is 15.6 Å². The van der Waals surface area contributed by atoms with Crippen molar-refractivity contribution in [1.29, 1.82) is 0 Å². The maximum absolute atomic E-state index is 11.2. The van der Waals surface area contributed by atoms with Gasteiger partial charge in [-0.1, -0.05) is 0 Å². The number of carbonyl (C=O) groups excluding carboxylic acids is 2. The molecule has 0 bridgehead atoms. The van der Waals surface area contributed by atoms with Gasteiger partial charge in [0.2, 0.25) is 5.91 Å². The molecule has 0 spiro atoms. The van der Waals surface area contributed by atoms with E-state index in [4.69, 9.17) is 11.6 Å². The zero-order valence-electron chi connectivity index (χ0n) is 8.53. The Kier molecular flexibility index (Phi) is 5.81. The molecule has 0 saturated carbocycles. The van der Waals surface area contributed by atoms with Gasteiger partial charge in [0.25, 0.3) is 0 Å². The molecule has 0 fully saturated rings. The van der Waals surface area contributed by atoms with Crippen LogP contribution in [0.5, 0.6) is 0 Å². The summed E-state index contributed by atoms with van der Waals surface area (Å²) in [6.07, 6.45) is 2.51.